The Balaban J connectivity index is 1.82. The van der Waals surface area contributed by atoms with Crippen LogP contribution < -0.4 is 15.4 Å². The SMILES string of the molecule is O=C(/C=C/c1ccccc1OC(F)(F)F)NCC(=O)NCc1ccccc1. The lowest BCUT2D eigenvalue weighted by atomic mass is 10.2. The number of halogens is 3. The molecule has 2 aromatic rings. The molecule has 0 atom stereocenters. The van der Waals surface area contributed by atoms with E-state index in [-0.39, 0.29) is 18.0 Å². The molecule has 2 rings (SSSR count). The Morgan fingerprint density at radius 1 is 0.963 bits per heavy atom. The van der Waals surface area contributed by atoms with Crippen molar-refractivity contribution in [2.45, 2.75) is 12.9 Å². The maximum absolute atomic E-state index is 12.4. The van der Waals surface area contributed by atoms with Crippen LogP contribution in [0, 0.1) is 0 Å². The van der Waals surface area contributed by atoms with Gasteiger partial charge in [-0.3, -0.25) is 9.59 Å². The van der Waals surface area contributed by atoms with Crippen molar-refractivity contribution in [3.63, 3.8) is 0 Å². The van der Waals surface area contributed by atoms with Gasteiger partial charge in [-0.2, -0.15) is 0 Å². The Labute approximate surface area is 153 Å². The van der Waals surface area contributed by atoms with Crippen molar-refractivity contribution in [1.29, 1.82) is 0 Å². The van der Waals surface area contributed by atoms with E-state index in [9.17, 15) is 22.8 Å². The quantitative estimate of drug-likeness (QED) is 0.728. The van der Waals surface area contributed by atoms with Crippen LogP contribution in [0.1, 0.15) is 11.1 Å². The number of benzene rings is 2. The van der Waals surface area contributed by atoms with Gasteiger partial charge in [0, 0.05) is 18.2 Å². The number of ether oxygens (including phenoxy) is 1. The van der Waals surface area contributed by atoms with Crippen molar-refractivity contribution < 1.29 is 27.5 Å². The zero-order valence-corrected chi connectivity index (χ0v) is 14.1. The maximum atomic E-state index is 12.4. The summed E-state index contributed by atoms with van der Waals surface area (Å²) in [7, 11) is 0. The van der Waals surface area contributed by atoms with Gasteiger partial charge in [-0.25, -0.2) is 0 Å². The average molecular weight is 378 g/mol. The second kappa shape index (κ2) is 9.42. The first-order chi connectivity index (χ1) is 12.8. The molecule has 0 aliphatic rings. The van der Waals surface area contributed by atoms with Crippen LogP contribution in [-0.4, -0.2) is 24.7 Å². The van der Waals surface area contributed by atoms with Gasteiger partial charge in [-0.1, -0.05) is 48.5 Å². The molecule has 0 radical (unpaired) electrons. The van der Waals surface area contributed by atoms with Gasteiger partial charge in [-0.15, -0.1) is 13.2 Å². The molecule has 2 amide bonds. The van der Waals surface area contributed by atoms with Gasteiger partial charge in [0.1, 0.15) is 5.75 Å². The smallest absolute Gasteiger partial charge is 0.405 e. The molecule has 0 saturated heterocycles. The number of amides is 2. The molecule has 0 fully saturated rings. The van der Waals surface area contributed by atoms with E-state index in [4.69, 9.17) is 0 Å². The summed E-state index contributed by atoms with van der Waals surface area (Å²) in [4.78, 5) is 23.5. The van der Waals surface area contributed by atoms with E-state index in [1.807, 2.05) is 30.3 Å². The van der Waals surface area contributed by atoms with Crippen molar-refractivity contribution in [2.24, 2.45) is 0 Å². The first kappa shape index (κ1) is 20.0. The zero-order valence-electron chi connectivity index (χ0n) is 14.1. The summed E-state index contributed by atoms with van der Waals surface area (Å²) in [6.07, 6.45) is -2.62. The largest absolute Gasteiger partial charge is 0.573 e. The fourth-order valence-corrected chi connectivity index (χ4v) is 2.09. The summed E-state index contributed by atoms with van der Waals surface area (Å²) in [5.74, 6) is -1.43. The topological polar surface area (TPSA) is 67.4 Å². The van der Waals surface area contributed by atoms with Crippen molar-refractivity contribution in [2.75, 3.05) is 6.54 Å². The molecule has 0 saturated carbocycles. The average Bonchev–Trinajstić information content (AvgIpc) is 2.63. The molecule has 0 aliphatic carbocycles. The van der Waals surface area contributed by atoms with Gasteiger partial charge in [0.2, 0.25) is 11.8 Å². The van der Waals surface area contributed by atoms with Gasteiger partial charge < -0.3 is 15.4 Å². The number of carbonyl (C=O) groups is 2. The minimum absolute atomic E-state index is 0.0819. The Morgan fingerprint density at radius 3 is 2.33 bits per heavy atom. The molecule has 0 bridgehead atoms. The maximum Gasteiger partial charge on any atom is 0.573 e. The third-order valence-electron chi connectivity index (χ3n) is 3.31. The van der Waals surface area contributed by atoms with Gasteiger partial charge >= 0.3 is 6.36 Å². The molecule has 2 aromatic carbocycles. The highest BCUT2D eigenvalue weighted by atomic mass is 19.4. The molecule has 5 nitrogen and oxygen atoms in total. The van der Waals surface area contributed by atoms with Crippen LogP contribution in [0.5, 0.6) is 5.75 Å². The number of para-hydroxylation sites is 1. The van der Waals surface area contributed by atoms with E-state index in [0.717, 1.165) is 17.7 Å². The van der Waals surface area contributed by atoms with Gasteiger partial charge in [-0.05, 0) is 17.7 Å². The number of alkyl halides is 3. The van der Waals surface area contributed by atoms with Crippen LogP contribution in [0.2, 0.25) is 0 Å². The second-order valence-corrected chi connectivity index (χ2v) is 5.40. The summed E-state index contributed by atoms with van der Waals surface area (Å²) in [6.45, 7) is 0.0737. The van der Waals surface area contributed by atoms with Crippen LogP contribution in [0.3, 0.4) is 0 Å². The van der Waals surface area contributed by atoms with E-state index in [0.29, 0.717) is 6.54 Å². The summed E-state index contributed by atoms with van der Waals surface area (Å²) in [5, 5.41) is 5.00. The number of nitrogens with one attached hydrogen (secondary N) is 2. The minimum Gasteiger partial charge on any atom is -0.405 e. The Hall–Kier alpha value is -3.29. The number of rotatable bonds is 7. The molecule has 8 heteroatoms. The molecule has 0 heterocycles. The monoisotopic (exact) mass is 378 g/mol. The van der Waals surface area contributed by atoms with E-state index < -0.39 is 18.0 Å². The van der Waals surface area contributed by atoms with Gasteiger partial charge in [0.25, 0.3) is 0 Å². The molecule has 0 aliphatic heterocycles. The van der Waals surface area contributed by atoms with E-state index >= 15 is 0 Å². The van der Waals surface area contributed by atoms with Gasteiger partial charge in [0.15, 0.2) is 0 Å². The molecule has 0 unspecified atom stereocenters. The fourth-order valence-electron chi connectivity index (χ4n) is 2.09. The molecular formula is C19H17F3N2O3. The second-order valence-electron chi connectivity index (χ2n) is 5.40. The normalized spacial score (nSPS) is 11.2. The molecule has 0 aromatic heterocycles. The highest BCUT2D eigenvalue weighted by Crippen LogP contribution is 2.26. The van der Waals surface area contributed by atoms with E-state index in [1.54, 1.807) is 0 Å². The predicted octanol–water partition coefficient (Wildman–Crippen LogP) is 3.03. The van der Waals surface area contributed by atoms with E-state index in [2.05, 4.69) is 15.4 Å². The Morgan fingerprint density at radius 2 is 1.63 bits per heavy atom. The third-order valence-corrected chi connectivity index (χ3v) is 3.31. The van der Waals surface area contributed by atoms with Crippen LogP contribution in [0.25, 0.3) is 6.08 Å². The Bertz CT molecular complexity index is 805. The lowest BCUT2D eigenvalue weighted by molar-refractivity contribution is -0.274. The lowest BCUT2D eigenvalue weighted by Crippen LogP contribution is -2.35. The lowest BCUT2D eigenvalue weighted by Gasteiger charge is -2.11. The number of hydrogen-bond donors (Lipinski definition) is 2. The van der Waals surface area contributed by atoms with Crippen LogP contribution in [0.15, 0.2) is 60.7 Å². The molecule has 0 spiro atoms. The minimum atomic E-state index is -4.83. The first-order valence-electron chi connectivity index (χ1n) is 7.95. The molecule has 142 valence electrons. The van der Waals surface area contributed by atoms with Crippen LogP contribution >= 0.6 is 0 Å². The fraction of sp³-hybridized carbons (Fsp3) is 0.158. The van der Waals surface area contributed by atoms with Crippen LogP contribution in [0.4, 0.5) is 13.2 Å². The molecule has 27 heavy (non-hydrogen) atoms. The standard InChI is InChI=1S/C19H17F3N2O3/c20-19(21,22)27-16-9-5-4-8-15(16)10-11-17(25)24-13-18(26)23-12-14-6-2-1-3-7-14/h1-11H,12-13H2,(H,23,26)(H,24,25)/b11-10+. The number of carbonyl (C=O) groups excluding carboxylic acids is 2. The summed E-state index contributed by atoms with van der Waals surface area (Å²) >= 11 is 0. The zero-order chi connectivity index (χ0) is 19.7. The van der Waals surface area contributed by atoms with Crippen molar-refractivity contribution in [3.8, 4) is 5.75 Å². The van der Waals surface area contributed by atoms with Crippen LogP contribution in [-0.2, 0) is 16.1 Å². The summed E-state index contributed by atoms with van der Waals surface area (Å²) < 4.78 is 41.0. The highest BCUT2D eigenvalue weighted by Gasteiger charge is 2.31. The molecule has 2 N–H and O–H groups in total. The van der Waals surface area contributed by atoms with E-state index in [1.165, 1.54) is 24.3 Å². The third kappa shape index (κ3) is 7.64. The summed E-state index contributed by atoms with van der Waals surface area (Å²) in [5.41, 5.74) is 0.997. The van der Waals surface area contributed by atoms with Crippen molar-refractivity contribution in [1.82, 2.24) is 10.6 Å². The highest BCUT2D eigenvalue weighted by molar-refractivity contribution is 5.94. The Kier molecular flexibility index (Phi) is 6.99. The summed E-state index contributed by atoms with van der Waals surface area (Å²) in [6, 6.07) is 14.6. The predicted molar refractivity (Wildman–Crippen MR) is 93.5 cm³/mol. The number of hydrogen-bond acceptors (Lipinski definition) is 3. The van der Waals surface area contributed by atoms with Crippen molar-refractivity contribution in [3.05, 3.63) is 71.8 Å². The van der Waals surface area contributed by atoms with Gasteiger partial charge in [0.05, 0.1) is 6.54 Å². The van der Waals surface area contributed by atoms with Crippen molar-refractivity contribution >= 4 is 17.9 Å². The first-order valence-corrected chi connectivity index (χ1v) is 7.95. The molecular weight excluding hydrogens is 361 g/mol.